The third kappa shape index (κ3) is 4.92. The summed E-state index contributed by atoms with van der Waals surface area (Å²) in [5, 5.41) is 2.92. The molecule has 2 atom stereocenters. The van der Waals surface area contributed by atoms with Crippen LogP contribution in [0.3, 0.4) is 0 Å². The van der Waals surface area contributed by atoms with Crippen molar-refractivity contribution in [2.24, 2.45) is 5.92 Å². The molecule has 0 bridgehead atoms. The predicted octanol–water partition coefficient (Wildman–Crippen LogP) is 5.52. The second-order valence-electron chi connectivity index (χ2n) is 8.63. The number of nitrogens with zero attached hydrogens (tertiary/aromatic N) is 1. The Balaban J connectivity index is 1.56. The molecule has 1 saturated carbocycles. The molecule has 0 spiro atoms. The van der Waals surface area contributed by atoms with Crippen LogP contribution in [0.1, 0.15) is 72.6 Å². The standard InChI is InChI=1S/C26H32N2O3/c1-2-17-31-24-18-21(27-25(29)20-10-4-3-5-11-20)14-15-22(24)26(30)28-16-8-12-19-9-6-7-13-23(19)28/h3-5,10-11,14-15,18-19,23H,2,6-9,12-13,16-17H2,1H3,(H,27,29)/t19-,23-/m1/s1. The lowest BCUT2D eigenvalue weighted by molar-refractivity contribution is 0.0387. The second-order valence-corrected chi connectivity index (χ2v) is 8.63. The highest BCUT2D eigenvalue weighted by Gasteiger charge is 2.36. The van der Waals surface area contributed by atoms with Gasteiger partial charge in [0.15, 0.2) is 0 Å². The van der Waals surface area contributed by atoms with E-state index < -0.39 is 0 Å². The summed E-state index contributed by atoms with van der Waals surface area (Å²) in [5.41, 5.74) is 1.82. The van der Waals surface area contributed by atoms with Crippen molar-refractivity contribution < 1.29 is 14.3 Å². The molecular formula is C26H32N2O3. The fourth-order valence-corrected chi connectivity index (χ4v) is 4.93. The number of rotatable bonds is 6. The van der Waals surface area contributed by atoms with E-state index in [2.05, 4.69) is 10.2 Å². The third-order valence-corrected chi connectivity index (χ3v) is 6.47. The lowest BCUT2D eigenvalue weighted by atomic mass is 9.78. The summed E-state index contributed by atoms with van der Waals surface area (Å²) < 4.78 is 5.96. The Morgan fingerprint density at radius 3 is 2.61 bits per heavy atom. The number of likely N-dealkylation sites (tertiary alicyclic amines) is 1. The zero-order chi connectivity index (χ0) is 21.6. The second kappa shape index (κ2) is 9.99. The molecule has 0 aromatic heterocycles. The summed E-state index contributed by atoms with van der Waals surface area (Å²) in [6, 6.07) is 14.9. The molecule has 1 aliphatic heterocycles. The molecule has 1 aliphatic carbocycles. The van der Waals surface area contributed by atoms with Crippen LogP contribution in [-0.4, -0.2) is 35.9 Å². The number of carbonyl (C=O) groups excluding carboxylic acids is 2. The minimum absolute atomic E-state index is 0.0589. The van der Waals surface area contributed by atoms with Crippen molar-refractivity contribution in [3.8, 4) is 5.75 Å². The molecule has 5 heteroatoms. The summed E-state index contributed by atoms with van der Waals surface area (Å²) in [5.74, 6) is 1.07. The van der Waals surface area contributed by atoms with E-state index in [1.807, 2.05) is 25.1 Å². The van der Waals surface area contributed by atoms with Crippen molar-refractivity contribution in [1.29, 1.82) is 0 Å². The molecule has 0 radical (unpaired) electrons. The van der Waals surface area contributed by atoms with Gasteiger partial charge in [-0.1, -0.05) is 38.0 Å². The number of amides is 2. The lowest BCUT2D eigenvalue weighted by Gasteiger charge is -2.44. The SMILES string of the molecule is CCCOc1cc(NC(=O)c2ccccc2)ccc1C(=O)N1CCC[C@H]2CCCC[C@H]21. The maximum absolute atomic E-state index is 13.6. The number of nitrogens with one attached hydrogen (secondary N) is 1. The number of piperidine rings is 1. The van der Waals surface area contributed by atoms with Crippen molar-refractivity contribution in [1.82, 2.24) is 4.90 Å². The monoisotopic (exact) mass is 420 g/mol. The summed E-state index contributed by atoms with van der Waals surface area (Å²) in [7, 11) is 0. The van der Waals surface area contributed by atoms with Gasteiger partial charge in [0, 0.05) is 29.9 Å². The van der Waals surface area contributed by atoms with Crippen LogP contribution in [0.25, 0.3) is 0 Å². The van der Waals surface area contributed by atoms with Crippen LogP contribution in [0.15, 0.2) is 48.5 Å². The molecule has 0 unspecified atom stereocenters. The molecule has 1 heterocycles. The van der Waals surface area contributed by atoms with Crippen LogP contribution in [0, 0.1) is 5.92 Å². The van der Waals surface area contributed by atoms with Crippen molar-refractivity contribution in [2.45, 2.75) is 57.9 Å². The lowest BCUT2D eigenvalue weighted by Crippen LogP contribution is -2.49. The largest absolute Gasteiger partial charge is 0.493 e. The van der Waals surface area contributed by atoms with Crippen molar-refractivity contribution in [2.75, 3.05) is 18.5 Å². The minimum atomic E-state index is -0.179. The first-order chi connectivity index (χ1) is 15.2. The molecule has 31 heavy (non-hydrogen) atoms. The van der Waals surface area contributed by atoms with Crippen LogP contribution >= 0.6 is 0 Å². The van der Waals surface area contributed by atoms with E-state index in [9.17, 15) is 9.59 Å². The van der Waals surface area contributed by atoms with Crippen LogP contribution < -0.4 is 10.1 Å². The molecule has 164 valence electrons. The quantitative estimate of drug-likeness (QED) is 0.669. The highest BCUT2D eigenvalue weighted by molar-refractivity contribution is 6.05. The van der Waals surface area contributed by atoms with Gasteiger partial charge in [-0.25, -0.2) is 0 Å². The van der Waals surface area contributed by atoms with Gasteiger partial charge in [0.2, 0.25) is 0 Å². The van der Waals surface area contributed by atoms with Gasteiger partial charge in [-0.2, -0.15) is 0 Å². The van der Waals surface area contributed by atoms with Crippen molar-refractivity contribution >= 4 is 17.5 Å². The molecule has 1 N–H and O–H groups in total. The Morgan fingerprint density at radius 2 is 1.81 bits per heavy atom. The maximum atomic E-state index is 13.6. The van der Waals surface area contributed by atoms with E-state index in [1.54, 1.807) is 30.3 Å². The summed E-state index contributed by atoms with van der Waals surface area (Å²) >= 11 is 0. The van der Waals surface area contributed by atoms with E-state index in [0.717, 1.165) is 25.8 Å². The summed E-state index contributed by atoms with van der Waals surface area (Å²) in [6.45, 7) is 3.39. The highest BCUT2D eigenvalue weighted by atomic mass is 16.5. The van der Waals surface area contributed by atoms with Crippen LogP contribution in [0.4, 0.5) is 5.69 Å². The number of benzene rings is 2. The number of ether oxygens (including phenoxy) is 1. The topological polar surface area (TPSA) is 58.6 Å². The first kappa shape index (κ1) is 21.4. The van der Waals surface area contributed by atoms with Crippen LogP contribution in [-0.2, 0) is 0 Å². The third-order valence-electron chi connectivity index (χ3n) is 6.47. The number of hydrogen-bond acceptors (Lipinski definition) is 3. The van der Waals surface area contributed by atoms with Crippen molar-refractivity contribution in [3.63, 3.8) is 0 Å². The van der Waals surface area contributed by atoms with E-state index >= 15 is 0 Å². The normalized spacial score (nSPS) is 20.6. The average molecular weight is 421 g/mol. The molecule has 1 saturated heterocycles. The molecule has 2 aromatic carbocycles. The Morgan fingerprint density at radius 1 is 1.03 bits per heavy atom. The van der Waals surface area contributed by atoms with Crippen LogP contribution in [0.5, 0.6) is 5.75 Å². The smallest absolute Gasteiger partial charge is 0.257 e. The number of hydrogen-bond donors (Lipinski definition) is 1. The highest BCUT2D eigenvalue weighted by Crippen LogP contribution is 2.37. The molecule has 2 fully saturated rings. The van der Waals surface area contributed by atoms with Gasteiger partial charge >= 0.3 is 0 Å². The first-order valence-corrected chi connectivity index (χ1v) is 11.6. The summed E-state index contributed by atoms with van der Waals surface area (Å²) in [6.07, 6.45) is 7.98. The number of fused-ring (bicyclic) bond motifs is 1. The Kier molecular flexibility index (Phi) is 6.90. The van der Waals surface area contributed by atoms with E-state index in [-0.39, 0.29) is 11.8 Å². The minimum Gasteiger partial charge on any atom is -0.493 e. The predicted molar refractivity (Wildman–Crippen MR) is 123 cm³/mol. The number of anilines is 1. The molecule has 2 aliphatic rings. The molecule has 2 aromatic rings. The molecule has 5 nitrogen and oxygen atoms in total. The van der Waals surface area contributed by atoms with Crippen LogP contribution in [0.2, 0.25) is 0 Å². The van der Waals surface area contributed by atoms with Gasteiger partial charge in [0.25, 0.3) is 11.8 Å². The van der Waals surface area contributed by atoms with Gasteiger partial charge in [0.05, 0.1) is 12.2 Å². The fourth-order valence-electron chi connectivity index (χ4n) is 4.93. The van der Waals surface area contributed by atoms with E-state index in [1.165, 1.54) is 25.7 Å². The zero-order valence-corrected chi connectivity index (χ0v) is 18.3. The van der Waals surface area contributed by atoms with Gasteiger partial charge in [-0.15, -0.1) is 0 Å². The van der Waals surface area contributed by atoms with E-state index in [4.69, 9.17) is 4.74 Å². The maximum Gasteiger partial charge on any atom is 0.257 e. The molecular weight excluding hydrogens is 388 g/mol. The van der Waals surface area contributed by atoms with Gasteiger partial charge in [0.1, 0.15) is 5.75 Å². The summed E-state index contributed by atoms with van der Waals surface area (Å²) in [4.78, 5) is 28.2. The Bertz CT molecular complexity index is 910. The van der Waals surface area contributed by atoms with Gasteiger partial charge in [-0.3, -0.25) is 9.59 Å². The average Bonchev–Trinajstić information content (AvgIpc) is 2.82. The first-order valence-electron chi connectivity index (χ1n) is 11.6. The fraction of sp³-hybridized carbons (Fsp3) is 0.462. The Labute approximate surface area is 184 Å². The van der Waals surface area contributed by atoms with Gasteiger partial charge < -0.3 is 15.0 Å². The molecule has 2 amide bonds. The molecule has 4 rings (SSSR count). The zero-order valence-electron chi connectivity index (χ0n) is 18.3. The Hall–Kier alpha value is -2.82. The van der Waals surface area contributed by atoms with Gasteiger partial charge in [-0.05, 0) is 62.3 Å². The van der Waals surface area contributed by atoms with Crippen molar-refractivity contribution in [3.05, 3.63) is 59.7 Å². The van der Waals surface area contributed by atoms with E-state index in [0.29, 0.717) is 41.1 Å². The number of carbonyl (C=O) groups is 2.